The van der Waals surface area contributed by atoms with Crippen LogP contribution in [0.25, 0.3) is 0 Å². The Morgan fingerprint density at radius 3 is 3.00 bits per heavy atom. The predicted molar refractivity (Wildman–Crippen MR) is 88.0 cm³/mol. The fourth-order valence-electron chi connectivity index (χ4n) is 2.30. The Labute approximate surface area is 130 Å². The highest BCUT2D eigenvalue weighted by atomic mass is 79.9. The average Bonchev–Trinajstić information content (AvgIpc) is 2.79. The molecule has 0 unspecified atom stereocenters. The standard InChI is InChI=1S/C15H15BrN2OS/c1-9-7-13(20-14(9)16)15(19)18-11-5-4-10-3-2-6-17-12(10)8-11/h4-5,7-8,17H,2-3,6H2,1H3,(H,18,19). The Bertz CT molecular complexity index is 646. The first-order valence-corrected chi connectivity index (χ1v) is 8.18. The van der Waals surface area contributed by atoms with E-state index in [1.807, 2.05) is 25.1 Å². The third kappa shape index (κ3) is 2.74. The number of carbonyl (C=O) groups is 1. The van der Waals surface area contributed by atoms with Gasteiger partial charge in [0.1, 0.15) is 0 Å². The first-order chi connectivity index (χ1) is 9.63. The molecule has 2 aromatic rings. The lowest BCUT2D eigenvalue weighted by Crippen LogP contribution is -2.14. The quantitative estimate of drug-likeness (QED) is 0.840. The van der Waals surface area contributed by atoms with Crippen LogP contribution in [0.5, 0.6) is 0 Å². The van der Waals surface area contributed by atoms with E-state index in [1.54, 1.807) is 0 Å². The van der Waals surface area contributed by atoms with Crippen LogP contribution >= 0.6 is 27.3 Å². The lowest BCUT2D eigenvalue weighted by Gasteiger charge is -2.18. The fourth-order valence-corrected chi connectivity index (χ4v) is 3.73. The molecule has 1 aliphatic rings. The van der Waals surface area contributed by atoms with Crippen LogP contribution < -0.4 is 10.6 Å². The minimum absolute atomic E-state index is 0.0560. The Hall–Kier alpha value is -1.33. The topological polar surface area (TPSA) is 41.1 Å². The first kappa shape index (κ1) is 13.6. The van der Waals surface area contributed by atoms with Gasteiger partial charge in [-0.3, -0.25) is 4.79 Å². The number of anilines is 2. The predicted octanol–water partition coefficient (Wildman–Crippen LogP) is 4.43. The van der Waals surface area contributed by atoms with Crippen molar-refractivity contribution < 1.29 is 4.79 Å². The van der Waals surface area contributed by atoms with E-state index in [2.05, 4.69) is 32.6 Å². The largest absolute Gasteiger partial charge is 0.385 e. The number of fused-ring (bicyclic) bond motifs is 1. The van der Waals surface area contributed by atoms with Gasteiger partial charge in [-0.2, -0.15) is 0 Å². The number of thiophene rings is 1. The van der Waals surface area contributed by atoms with Gasteiger partial charge in [-0.15, -0.1) is 11.3 Å². The molecule has 104 valence electrons. The lowest BCUT2D eigenvalue weighted by atomic mass is 10.0. The highest BCUT2D eigenvalue weighted by molar-refractivity contribution is 9.11. The molecule has 20 heavy (non-hydrogen) atoms. The zero-order valence-electron chi connectivity index (χ0n) is 11.1. The van der Waals surface area contributed by atoms with Crippen molar-refractivity contribution in [3.63, 3.8) is 0 Å². The number of aryl methyl sites for hydroxylation is 2. The molecule has 3 nitrogen and oxygen atoms in total. The van der Waals surface area contributed by atoms with Gasteiger partial charge in [0.25, 0.3) is 5.91 Å². The Kier molecular flexibility index (Phi) is 3.81. The van der Waals surface area contributed by atoms with Gasteiger partial charge in [-0.25, -0.2) is 0 Å². The summed E-state index contributed by atoms with van der Waals surface area (Å²) < 4.78 is 1.01. The molecular formula is C15H15BrN2OS. The third-order valence-corrected chi connectivity index (χ3v) is 5.52. The molecule has 5 heteroatoms. The summed E-state index contributed by atoms with van der Waals surface area (Å²) in [6.07, 6.45) is 2.27. The van der Waals surface area contributed by atoms with E-state index >= 15 is 0 Å². The second-order valence-corrected chi connectivity index (χ2v) is 7.29. The van der Waals surface area contributed by atoms with Gasteiger partial charge in [0.2, 0.25) is 0 Å². The number of hydrogen-bond acceptors (Lipinski definition) is 3. The van der Waals surface area contributed by atoms with Crippen molar-refractivity contribution in [1.82, 2.24) is 0 Å². The van der Waals surface area contributed by atoms with Crippen LogP contribution in [-0.4, -0.2) is 12.5 Å². The van der Waals surface area contributed by atoms with E-state index in [1.165, 1.54) is 23.3 Å². The fraction of sp³-hybridized carbons (Fsp3) is 0.267. The van der Waals surface area contributed by atoms with Gasteiger partial charge >= 0.3 is 0 Å². The van der Waals surface area contributed by atoms with Crippen molar-refractivity contribution in [1.29, 1.82) is 0 Å². The summed E-state index contributed by atoms with van der Waals surface area (Å²) >= 11 is 4.91. The normalized spacial score (nSPS) is 13.5. The van der Waals surface area contributed by atoms with Gasteiger partial charge in [0, 0.05) is 17.9 Å². The number of carbonyl (C=O) groups excluding carboxylic acids is 1. The summed E-state index contributed by atoms with van der Waals surface area (Å²) in [6, 6.07) is 7.98. The van der Waals surface area contributed by atoms with Gasteiger partial charge in [-0.1, -0.05) is 6.07 Å². The summed E-state index contributed by atoms with van der Waals surface area (Å²) in [5.74, 6) is -0.0560. The maximum Gasteiger partial charge on any atom is 0.265 e. The van der Waals surface area contributed by atoms with Crippen molar-refractivity contribution in [2.45, 2.75) is 19.8 Å². The van der Waals surface area contributed by atoms with Gasteiger partial charge in [0.05, 0.1) is 8.66 Å². The molecule has 0 fully saturated rings. The monoisotopic (exact) mass is 350 g/mol. The molecule has 0 saturated heterocycles. The van der Waals surface area contributed by atoms with E-state index in [-0.39, 0.29) is 5.91 Å². The van der Waals surface area contributed by atoms with Crippen molar-refractivity contribution in [3.8, 4) is 0 Å². The Morgan fingerprint density at radius 2 is 2.25 bits per heavy atom. The van der Waals surface area contributed by atoms with Crippen LogP contribution in [-0.2, 0) is 6.42 Å². The molecule has 3 rings (SSSR count). The molecule has 1 aliphatic heterocycles. The maximum atomic E-state index is 12.2. The molecular weight excluding hydrogens is 336 g/mol. The van der Waals surface area contributed by atoms with Gasteiger partial charge in [0.15, 0.2) is 0 Å². The number of halogens is 1. The highest BCUT2D eigenvalue weighted by Gasteiger charge is 2.13. The number of nitrogens with one attached hydrogen (secondary N) is 2. The number of amides is 1. The van der Waals surface area contributed by atoms with Crippen molar-refractivity contribution >= 4 is 44.5 Å². The molecule has 0 spiro atoms. The van der Waals surface area contributed by atoms with Crippen LogP contribution in [0.3, 0.4) is 0 Å². The first-order valence-electron chi connectivity index (χ1n) is 6.57. The maximum absolute atomic E-state index is 12.2. The Morgan fingerprint density at radius 1 is 1.40 bits per heavy atom. The molecule has 0 atom stereocenters. The zero-order chi connectivity index (χ0) is 14.1. The second-order valence-electron chi connectivity index (χ2n) is 4.92. The van der Waals surface area contributed by atoms with Crippen molar-refractivity contribution in [2.75, 3.05) is 17.2 Å². The van der Waals surface area contributed by atoms with E-state index in [9.17, 15) is 4.79 Å². The second kappa shape index (κ2) is 5.58. The molecule has 1 aromatic heterocycles. The van der Waals surface area contributed by atoms with Crippen LogP contribution in [0.1, 0.15) is 27.2 Å². The molecule has 1 amide bonds. The average molecular weight is 351 g/mol. The van der Waals surface area contributed by atoms with Gasteiger partial charge in [-0.05, 0) is 65.0 Å². The SMILES string of the molecule is Cc1cc(C(=O)Nc2ccc3c(c2)NCCC3)sc1Br. The van der Waals surface area contributed by atoms with Crippen molar-refractivity contribution in [2.24, 2.45) is 0 Å². The zero-order valence-corrected chi connectivity index (χ0v) is 13.5. The van der Waals surface area contributed by atoms with E-state index in [0.29, 0.717) is 0 Å². The molecule has 2 N–H and O–H groups in total. The number of hydrogen-bond donors (Lipinski definition) is 2. The third-order valence-electron chi connectivity index (χ3n) is 3.39. The highest BCUT2D eigenvalue weighted by Crippen LogP contribution is 2.29. The van der Waals surface area contributed by atoms with Crippen molar-refractivity contribution in [3.05, 3.63) is 44.1 Å². The lowest BCUT2D eigenvalue weighted by molar-refractivity contribution is 0.103. The smallest absolute Gasteiger partial charge is 0.265 e. The summed E-state index contributed by atoms with van der Waals surface area (Å²) in [5, 5.41) is 6.33. The van der Waals surface area contributed by atoms with E-state index < -0.39 is 0 Å². The van der Waals surface area contributed by atoms with E-state index in [4.69, 9.17) is 0 Å². The minimum atomic E-state index is -0.0560. The summed E-state index contributed by atoms with van der Waals surface area (Å²) in [7, 11) is 0. The summed E-state index contributed by atoms with van der Waals surface area (Å²) in [4.78, 5) is 12.9. The van der Waals surface area contributed by atoms with Crippen LogP contribution in [0.15, 0.2) is 28.1 Å². The van der Waals surface area contributed by atoms with Crippen LogP contribution in [0.2, 0.25) is 0 Å². The minimum Gasteiger partial charge on any atom is -0.385 e. The molecule has 1 aromatic carbocycles. The van der Waals surface area contributed by atoms with Crippen LogP contribution in [0, 0.1) is 6.92 Å². The number of rotatable bonds is 2. The molecule has 0 aliphatic carbocycles. The molecule has 0 bridgehead atoms. The van der Waals surface area contributed by atoms with Gasteiger partial charge < -0.3 is 10.6 Å². The summed E-state index contributed by atoms with van der Waals surface area (Å²) in [6.45, 7) is 2.99. The van der Waals surface area contributed by atoms with E-state index in [0.717, 1.165) is 38.6 Å². The molecule has 0 saturated carbocycles. The molecule has 2 heterocycles. The van der Waals surface area contributed by atoms with Crippen LogP contribution in [0.4, 0.5) is 11.4 Å². The molecule has 0 radical (unpaired) electrons. The summed E-state index contributed by atoms with van der Waals surface area (Å²) in [5.41, 5.74) is 4.39. The number of benzene rings is 1. The Balaban J connectivity index is 1.79.